The molecule has 1 aliphatic rings. The van der Waals surface area contributed by atoms with Gasteiger partial charge < -0.3 is 10.2 Å². The highest BCUT2D eigenvalue weighted by Crippen LogP contribution is 2.41. The molecule has 3 aromatic rings. The van der Waals surface area contributed by atoms with Crippen molar-refractivity contribution in [2.75, 3.05) is 5.43 Å². The molecule has 3 heterocycles. The maximum atomic E-state index is 11.7. The van der Waals surface area contributed by atoms with Crippen LogP contribution in [-0.2, 0) is 4.79 Å². The van der Waals surface area contributed by atoms with Crippen molar-refractivity contribution in [1.29, 1.82) is 0 Å². The van der Waals surface area contributed by atoms with E-state index in [-0.39, 0.29) is 11.3 Å². The van der Waals surface area contributed by atoms with E-state index in [2.05, 4.69) is 10.4 Å². The number of thiophene rings is 1. The molecule has 0 fully saturated rings. The number of aromatic nitrogens is 1. The minimum atomic E-state index is -1.30. The van der Waals surface area contributed by atoms with Crippen molar-refractivity contribution < 1.29 is 25.0 Å². The Bertz CT molecular complexity index is 1090. The molecule has 0 saturated carbocycles. The van der Waals surface area contributed by atoms with Crippen LogP contribution in [0.1, 0.15) is 15.2 Å². The molecule has 0 aliphatic carbocycles. The maximum absolute atomic E-state index is 11.7. The van der Waals surface area contributed by atoms with Crippen LogP contribution >= 0.6 is 11.3 Å². The summed E-state index contributed by atoms with van der Waals surface area (Å²) < 4.78 is 0. The molecular formula is C17H11N3O5S. The van der Waals surface area contributed by atoms with Crippen LogP contribution in [0, 0.1) is 0 Å². The average Bonchev–Trinajstić information content (AvgIpc) is 2.97. The summed E-state index contributed by atoms with van der Waals surface area (Å²) in [6, 6.07) is 10.4. The first kappa shape index (κ1) is 16.1. The number of carboxylic acids is 2. The number of hydrogen-bond donors (Lipinski definition) is 4. The van der Waals surface area contributed by atoms with Crippen LogP contribution in [0.3, 0.4) is 0 Å². The van der Waals surface area contributed by atoms with Gasteiger partial charge in [-0.25, -0.2) is 14.6 Å². The Morgan fingerprint density at radius 2 is 1.85 bits per heavy atom. The molecule has 0 saturated heterocycles. The fraction of sp³-hybridized carbons (Fsp3) is 0. The smallest absolute Gasteiger partial charge is 0.356 e. The van der Waals surface area contributed by atoms with Crippen LogP contribution in [0.5, 0.6) is 0 Å². The van der Waals surface area contributed by atoms with E-state index in [1.54, 1.807) is 24.3 Å². The first-order valence-corrected chi connectivity index (χ1v) is 8.24. The quantitative estimate of drug-likeness (QED) is 0.555. The molecule has 0 radical (unpaired) electrons. The molecule has 0 spiro atoms. The number of hydrazine groups is 1. The Labute approximate surface area is 150 Å². The first-order chi connectivity index (χ1) is 12.5. The number of rotatable bonds is 3. The summed E-state index contributed by atoms with van der Waals surface area (Å²) in [6.07, 6.45) is 1.31. The molecule has 2 aromatic heterocycles. The lowest BCUT2D eigenvalue weighted by Crippen LogP contribution is -2.31. The predicted molar refractivity (Wildman–Crippen MR) is 94.9 cm³/mol. The normalized spacial score (nSPS) is 13.1. The van der Waals surface area contributed by atoms with Gasteiger partial charge in [-0.05, 0) is 12.1 Å². The fourth-order valence-corrected chi connectivity index (χ4v) is 3.79. The summed E-state index contributed by atoms with van der Waals surface area (Å²) in [5.41, 5.74) is 3.63. The Morgan fingerprint density at radius 3 is 2.50 bits per heavy atom. The van der Waals surface area contributed by atoms with Crippen LogP contribution in [0.15, 0.2) is 42.1 Å². The highest BCUT2D eigenvalue weighted by molar-refractivity contribution is 7.20. The van der Waals surface area contributed by atoms with E-state index in [9.17, 15) is 19.9 Å². The number of aliphatic carboxylic acids is 1. The second-order valence-corrected chi connectivity index (χ2v) is 6.54. The van der Waals surface area contributed by atoms with E-state index in [0.717, 1.165) is 0 Å². The minimum absolute atomic E-state index is 0.0172. The molecule has 26 heavy (non-hydrogen) atoms. The zero-order chi connectivity index (χ0) is 18.4. The van der Waals surface area contributed by atoms with Gasteiger partial charge in [-0.15, -0.1) is 11.3 Å². The molecule has 4 rings (SSSR count). The van der Waals surface area contributed by atoms with E-state index >= 15 is 0 Å². The molecule has 4 N–H and O–H groups in total. The predicted octanol–water partition coefficient (Wildman–Crippen LogP) is 3.12. The van der Waals surface area contributed by atoms with Gasteiger partial charge in [-0.1, -0.05) is 30.3 Å². The summed E-state index contributed by atoms with van der Waals surface area (Å²) in [5, 5.41) is 29.4. The van der Waals surface area contributed by atoms with Gasteiger partial charge in [0, 0.05) is 10.9 Å². The zero-order valence-electron chi connectivity index (χ0n) is 13.0. The molecule has 130 valence electrons. The summed E-state index contributed by atoms with van der Waals surface area (Å²) in [6.45, 7) is 0. The number of carbonyl (C=O) groups is 2. The van der Waals surface area contributed by atoms with E-state index in [0.29, 0.717) is 37.2 Å². The number of pyridine rings is 1. The van der Waals surface area contributed by atoms with Gasteiger partial charge in [0.2, 0.25) is 0 Å². The van der Waals surface area contributed by atoms with E-state index < -0.39 is 11.9 Å². The van der Waals surface area contributed by atoms with Crippen molar-refractivity contribution in [3.05, 3.63) is 52.5 Å². The lowest BCUT2D eigenvalue weighted by Gasteiger charge is -2.23. The fourth-order valence-electron chi connectivity index (χ4n) is 2.74. The number of aromatic carboxylic acids is 1. The highest BCUT2D eigenvalue weighted by atomic mass is 32.1. The van der Waals surface area contributed by atoms with Crippen LogP contribution in [0.4, 0.5) is 5.69 Å². The number of benzene rings is 1. The first-order valence-electron chi connectivity index (χ1n) is 7.42. The van der Waals surface area contributed by atoms with Crippen molar-refractivity contribution in [3.8, 4) is 11.3 Å². The molecule has 9 heteroatoms. The number of hydroxylamine groups is 1. The molecule has 0 atom stereocenters. The third-order valence-corrected chi connectivity index (χ3v) is 4.97. The third-order valence-electron chi connectivity index (χ3n) is 3.92. The van der Waals surface area contributed by atoms with Crippen LogP contribution in [-0.4, -0.2) is 37.5 Å². The van der Waals surface area contributed by atoms with Crippen LogP contribution in [0.2, 0.25) is 0 Å². The molecule has 0 amide bonds. The van der Waals surface area contributed by atoms with E-state index in [1.807, 2.05) is 6.07 Å². The number of anilines is 1. The number of nitrogens with zero attached hydrogens (tertiary/aromatic N) is 2. The largest absolute Gasteiger partial charge is 0.478 e. The Kier molecular flexibility index (Phi) is 3.60. The summed E-state index contributed by atoms with van der Waals surface area (Å²) in [4.78, 5) is 28.5. The topological polar surface area (TPSA) is 123 Å². The van der Waals surface area contributed by atoms with E-state index in [4.69, 9.17) is 5.11 Å². The number of nitrogens with one attached hydrogen (secondary N) is 1. The number of hydrogen-bond acceptors (Lipinski definition) is 7. The summed E-state index contributed by atoms with van der Waals surface area (Å²) in [5.74, 6) is -2.43. The third kappa shape index (κ3) is 2.46. The molecular weight excluding hydrogens is 358 g/mol. The van der Waals surface area contributed by atoms with Gasteiger partial charge in [-0.2, -0.15) is 5.17 Å². The van der Waals surface area contributed by atoms with Crippen molar-refractivity contribution >= 4 is 45.3 Å². The van der Waals surface area contributed by atoms with Gasteiger partial charge in [0.05, 0.1) is 21.8 Å². The highest BCUT2D eigenvalue weighted by Gasteiger charge is 2.27. The van der Waals surface area contributed by atoms with Gasteiger partial charge in [0.25, 0.3) is 0 Å². The average molecular weight is 369 g/mol. The van der Waals surface area contributed by atoms with Crippen molar-refractivity contribution in [2.45, 2.75) is 0 Å². The van der Waals surface area contributed by atoms with Gasteiger partial charge >= 0.3 is 11.9 Å². The Balaban J connectivity index is 1.97. The lowest BCUT2D eigenvalue weighted by molar-refractivity contribution is -0.140. The van der Waals surface area contributed by atoms with Gasteiger partial charge in [-0.3, -0.25) is 10.6 Å². The lowest BCUT2D eigenvalue weighted by atomic mass is 10.0. The molecule has 8 nitrogen and oxygen atoms in total. The second-order valence-electron chi connectivity index (χ2n) is 5.51. The van der Waals surface area contributed by atoms with Crippen LogP contribution in [0.25, 0.3) is 27.6 Å². The SMILES string of the molecule is O=C(O)C1=Cc2sc3nc(-c4ccccc4)c(C(=O)O)cc3c2NN1O. The van der Waals surface area contributed by atoms with Gasteiger partial charge in [0.15, 0.2) is 5.70 Å². The molecule has 0 bridgehead atoms. The molecule has 1 aliphatic heterocycles. The van der Waals surface area contributed by atoms with Crippen molar-refractivity contribution in [3.63, 3.8) is 0 Å². The van der Waals surface area contributed by atoms with Gasteiger partial charge in [0.1, 0.15) is 4.83 Å². The van der Waals surface area contributed by atoms with E-state index in [1.165, 1.54) is 23.5 Å². The second kappa shape index (κ2) is 5.83. The molecule has 0 unspecified atom stereocenters. The summed E-state index contributed by atoms with van der Waals surface area (Å²) in [7, 11) is 0. The Hall–Kier alpha value is -3.43. The maximum Gasteiger partial charge on any atom is 0.356 e. The number of carboxylic acid groups (broad SMARTS) is 2. The zero-order valence-corrected chi connectivity index (χ0v) is 13.8. The minimum Gasteiger partial charge on any atom is -0.478 e. The summed E-state index contributed by atoms with van der Waals surface area (Å²) >= 11 is 1.21. The monoisotopic (exact) mass is 369 g/mol. The Morgan fingerprint density at radius 1 is 1.12 bits per heavy atom. The van der Waals surface area contributed by atoms with Crippen molar-refractivity contribution in [1.82, 2.24) is 10.2 Å². The molecule has 1 aromatic carbocycles. The standard InChI is InChI=1S/C17H11N3O5S/c21-16(22)10-6-9-14-12(7-11(17(23)24)20(25)19-14)26-15(9)18-13(10)8-4-2-1-3-5-8/h1-7,19,25H,(H,21,22)(H,23,24). The van der Waals surface area contributed by atoms with Crippen molar-refractivity contribution in [2.24, 2.45) is 0 Å². The van der Waals surface area contributed by atoms with Crippen LogP contribution < -0.4 is 5.43 Å². The number of fused-ring (bicyclic) bond motifs is 3.